The average Bonchev–Trinajstić information content (AvgIpc) is 3.43. The van der Waals surface area contributed by atoms with Gasteiger partial charge in [0.25, 0.3) is 5.91 Å². The molecule has 1 amide bonds. The first-order chi connectivity index (χ1) is 15.3. The molecule has 1 fully saturated rings. The van der Waals surface area contributed by atoms with Gasteiger partial charge in [-0.2, -0.15) is 0 Å². The molecule has 1 saturated heterocycles. The van der Waals surface area contributed by atoms with Gasteiger partial charge in [-0.15, -0.1) is 11.3 Å². The van der Waals surface area contributed by atoms with E-state index >= 15 is 0 Å². The Bertz CT molecular complexity index is 1160. The number of likely N-dealkylation sites (tertiary alicyclic amines) is 1. The molecule has 0 saturated carbocycles. The fourth-order valence-corrected chi connectivity index (χ4v) is 4.84. The normalized spacial score (nSPS) is 16.4. The number of carbonyl (C=O) groups is 1. The van der Waals surface area contributed by atoms with Crippen molar-refractivity contribution in [2.45, 2.75) is 18.8 Å². The van der Waals surface area contributed by atoms with Gasteiger partial charge in [0.2, 0.25) is 11.8 Å². The van der Waals surface area contributed by atoms with Crippen molar-refractivity contribution in [2.24, 2.45) is 0 Å². The average molecular weight is 434 g/mol. The summed E-state index contributed by atoms with van der Waals surface area (Å²) in [5.74, 6) is 1.46. The lowest BCUT2D eigenvalue weighted by Gasteiger charge is -2.32. The third kappa shape index (κ3) is 4.25. The summed E-state index contributed by atoms with van der Waals surface area (Å²) in [6.45, 7) is 1.40. The highest BCUT2D eigenvalue weighted by Crippen LogP contribution is 2.34. The molecule has 158 valence electrons. The summed E-state index contributed by atoms with van der Waals surface area (Å²) in [7, 11) is 0. The minimum Gasteiger partial charge on any atom is -0.468 e. The molecule has 5 rings (SSSR count). The molecule has 0 spiro atoms. The summed E-state index contributed by atoms with van der Waals surface area (Å²) in [4.78, 5) is 24.8. The number of thiazole rings is 1. The molecule has 0 aliphatic carbocycles. The van der Waals surface area contributed by atoms with Crippen LogP contribution < -0.4 is 10.1 Å². The Morgan fingerprint density at radius 2 is 2.06 bits per heavy atom. The van der Waals surface area contributed by atoms with Crippen LogP contribution in [0.5, 0.6) is 5.88 Å². The van der Waals surface area contributed by atoms with Crippen molar-refractivity contribution >= 4 is 33.7 Å². The monoisotopic (exact) mass is 433 g/mol. The second-order valence-corrected chi connectivity index (χ2v) is 8.42. The minimum atomic E-state index is -0.0142. The predicted octanol–water partition coefficient (Wildman–Crippen LogP) is 4.32. The zero-order valence-corrected chi connectivity index (χ0v) is 17.8. The number of nitrogens with one attached hydrogen (secondary N) is 1. The molecular weight excluding hydrogens is 410 g/mol. The van der Waals surface area contributed by atoms with Crippen LogP contribution in [-0.2, 0) is 4.79 Å². The van der Waals surface area contributed by atoms with Gasteiger partial charge in [0.15, 0.2) is 6.61 Å². The van der Waals surface area contributed by atoms with Crippen molar-refractivity contribution in [3.05, 3.63) is 72.0 Å². The van der Waals surface area contributed by atoms with Crippen LogP contribution >= 0.6 is 11.3 Å². The number of anilines is 2. The van der Waals surface area contributed by atoms with Crippen LogP contribution in [0.1, 0.15) is 24.5 Å². The van der Waals surface area contributed by atoms with Gasteiger partial charge in [-0.05, 0) is 31.0 Å². The van der Waals surface area contributed by atoms with Crippen molar-refractivity contribution in [3.8, 4) is 5.88 Å². The van der Waals surface area contributed by atoms with Gasteiger partial charge >= 0.3 is 0 Å². The predicted molar refractivity (Wildman–Crippen MR) is 121 cm³/mol. The van der Waals surface area contributed by atoms with E-state index in [0.717, 1.165) is 41.5 Å². The lowest BCUT2D eigenvalue weighted by molar-refractivity contribution is -0.134. The number of aromatic nitrogens is 3. The molecule has 1 aliphatic rings. The minimum absolute atomic E-state index is 0.00213. The number of fused-ring (bicyclic) bond motifs is 1. The molecule has 7 nitrogen and oxygen atoms in total. The van der Waals surface area contributed by atoms with Crippen LogP contribution in [0.2, 0.25) is 0 Å². The number of amides is 1. The summed E-state index contributed by atoms with van der Waals surface area (Å²) < 4.78 is 7.66. The van der Waals surface area contributed by atoms with Gasteiger partial charge in [-0.3, -0.25) is 9.20 Å². The van der Waals surface area contributed by atoms with Crippen molar-refractivity contribution in [1.29, 1.82) is 0 Å². The number of carbonyl (C=O) groups excluding carboxylic acids is 1. The first kappa shape index (κ1) is 19.6. The molecule has 3 aromatic heterocycles. The van der Waals surface area contributed by atoms with Crippen molar-refractivity contribution in [3.63, 3.8) is 0 Å². The summed E-state index contributed by atoms with van der Waals surface area (Å²) >= 11 is 1.68. The Labute approximate surface area is 184 Å². The molecule has 1 aliphatic heterocycles. The summed E-state index contributed by atoms with van der Waals surface area (Å²) in [5.41, 5.74) is 2.05. The molecule has 4 heterocycles. The smallest absolute Gasteiger partial charge is 0.260 e. The number of rotatable bonds is 6. The van der Waals surface area contributed by atoms with Gasteiger partial charge in [-0.1, -0.05) is 24.3 Å². The van der Waals surface area contributed by atoms with Crippen LogP contribution in [0.3, 0.4) is 0 Å². The van der Waals surface area contributed by atoms with Gasteiger partial charge in [-0.25, -0.2) is 9.97 Å². The lowest BCUT2D eigenvalue weighted by atomic mass is 9.95. The number of benzene rings is 1. The maximum absolute atomic E-state index is 12.7. The van der Waals surface area contributed by atoms with Crippen molar-refractivity contribution in [2.75, 3.05) is 25.0 Å². The topological polar surface area (TPSA) is 71.8 Å². The highest BCUT2D eigenvalue weighted by Gasteiger charge is 2.29. The summed E-state index contributed by atoms with van der Waals surface area (Å²) in [5, 5.41) is 5.49. The highest BCUT2D eigenvalue weighted by molar-refractivity contribution is 7.15. The van der Waals surface area contributed by atoms with Crippen LogP contribution in [0.4, 0.5) is 11.6 Å². The van der Waals surface area contributed by atoms with E-state index in [1.807, 2.05) is 53.6 Å². The van der Waals surface area contributed by atoms with Crippen molar-refractivity contribution < 1.29 is 9.53 Å². The Kier molecular flexibility index (Phi) is 5.54. The second kappa shape index (κ2) is 8.77. The zero-order valence-electron chi connectivity index (χ0n) is 17.0. The Morgan fingerprint density at radius 1 is 1.19 bits per heavy atom. The van der Waals surface area contributed by atoms with Gasteiger partial charge in [0.1, 0.15) is 4.83 Å². The molecule has 8 heteroatoms. The second-order valence-electron chi connectivity index (χ2n) is 7.53. The number of imidazole rings is 1. The molecule has 31 heavy (non-hydrogen) atoms. The largest absolute Gasteiger partial charge is 0.468 e. The van der Waals surface area contributed by atoms with E-state index in [4.69, 9.17) is 9.72 Å². The molecule has 4 aromatic rings. The van der Waals surface area contributed by atoms with Crippen LogP contribution in [-0.4, -0.2) is 44.9 Å². The number of para-hydroxylation sites is 1. The quantitative estimate of drug-likeness (QED) is 0.490. The van der Waals surface area contributed by atoms with E-state index in [-0.39, 0.29) is 18.4 Å². The summed E-state index contributed by atoms with van der Waals surface area (Å²) in [6.07, 6.45) is 5.66. The van der Waals surface area contributed by atoms with Crippen LogP contribution in [0.25, 0.3) is 4.83 Å². The summed E-state index contributed by atoms with van der Waals surface area (Å²) in [6, 6.07) is 15.5. The van der Waals surface area contributed by atoms with Crippen LogP contribution in [0, 0.1) is 0 Å². The number of ether oxygens (including phenoxy) is 1. The van der Waals surface area contributed by atoms with Gasteiger partial charge in [0, 0.05) is 48.5 Å². The molecule has 0 radical (unpaired) electrons. The van der Waals surface area contributed by atoms with Crippen LogP contribution in [0.15, 0.2) is 66.3 Å². The molecular formula is C23H23N5O2S. The van der Waals surface area contributed by atoms with E-state index < -0.39 is 0 Å². The fourth-order valence-electron chi connectivity index (χ4n) is 3.94. The maximum atomic E-state index is 12.7. The molecule has 1 atom stereocenters. The van der Waals surface area contributed by atoms with Gasteiger partial charge < -0.3 is 15.0 Å². The third-order valence-corrected chi connectivity index (χ3v) is 6.34. The van der Waals surface area contributed by atoms with Gasteiger partial charge in [0.05, 0.1) is 5.69 Å². The van der Waals surface area contributed by atoms with E-state index in [0.29, 0.717) is 12.4 Å². The standard InChI is InChI=1S/C23H23N5O2S/c29-20(16-30-19-10-4-5-11-24-19)27-12-6-7-17(15-27)21-22-28(13-14-31-22)23(26-21)25-18-8-2-1-3-9-18/h1-5,8-11,13-14,17H,6-7,12,15-16H2,(H,25,26). The molecule has 1 unspecified atom stereocenters. The lowest BCUT2D eigenvalue weighted by Crippen LogP contribution is -2.41. The number of pyridine rings is 1. The van der Waals surface area contributed by atoms with E-state index in [2.05, 4.69) is 20.1 Å². The zero-order chi connectivity index (χ0) is 21.0. The van der Waals surface area contributed by atoms with E-state index in [1.54, 1.807) is 23.6 Å². The first-order valence-corrected chi connectivity index (χ1v) is 11.2. The number of hydrogen-bond donors (Lipinski definition) is 1. The van der Waals surface area contributed by atoms with E-state index in [1.165, 1.54) is 0 Å². The fraction of sp³-hybridized carbons (Fsp3) is 0.261. The SMILES string of the molecule is O=C(COc1ccccn1)N1CCCC(c2nc(Nc3ccccc3)n3ccsc23)C1. The number of nitrogens with zero attached hydrogens (tertiary/aromatic N) is 4. The Hall–Kier alpha value is -3.39. The Morgan fingerprint density at radius 3 is 2.90 bits per heavy atom. The Balaban J connectivity index is 1.31. The number of hydrogen-bond acceptors (Lipinski definition) is 6. The maximum Gasteiger partial charge on any atom is 0.260 e. The molecule has 0 bridgehead atoms. The number of piperidine rings is 1. The van der Waals surface area contributed by atoms with Crippen molar-refractivity contribution in [1.82, 2.24) is 19.3 Å². The molecule has 1 aromatic carbocycles. The van der Waals surface area contributed by atoms with E-state index in [9.17, 15) is 4.79 Å². The first-order valence-electron chi connectivity index (χ1n) is 10.4. The highest BCUT2D eigenvalue weighted by atomic mass is 32.1. The molecule has 1 N–H and O–H groups in total. The third-order valence-electron chi connectivity index (χ3n) is 5.45.